The molecule has 4 fully saturated rings. The van der Waals surface area contributed by atoms with Crippen LogP contribution in [0.2, 0.25) is 5.15 Å². The highest BCUT2D eigenvalue weighted by molar-refractivity contribution is 6.29. The first-order valence-electron chi connectivity index (χ1n) is 7.87. The van der Waals surface area contributed by atoms with Crippen LogP contribution in [0.3, 0.4) is 0 Å². The Morgan fingerprint density at radius 1 is 1.15 bits per heavy atom. The molecule has 108 valence electrons. The molecule has 1 aromatic rings. The van der Waals surface area contributed by atoms with Crippen LogP contribution in [-0.2, 0) is 0 Å². The predicted octanol–water partition coefficient (Wildman–Crippen LogP) is 4.15. The molecule has 0 saturated heterocycles. The van der Waals surface area contributed by atoms with E-state index in [0.29, 0.717) is 16.6 Å². The van der Waals surface area contributed by atoms with Crippen LogP contribution in [0.4, 0.5) is 5.82 Å². The topological polar surface area (TPSA) is 37.8 Å². The molecule has 1 atom stereocenters. The van der Waals surface area contributed by atoms with E-state index < -0.39 is 0 Å². The standard InChI is InChI=1S/C16H22ClN3/c1-10(20-15-5-14(17)18-9-19-15)16-6-11-2-12(7-16)4-13(3-11)8-16/h5,9-13H,2-4,6-8H2,1H3,(H,18,19,20). The lowest BCUT2D eigenvalue weighted by Crippen LogP contribution is -2.53. The van der Waals surface area contributed by atoms with Gasteiger partial charge in [-0.2, -0.15) is 0 Å². The summed E-state index contributed by atoms with van der Waals surface area (Å²) in [5.74, 6) is 3.83. The maximum absolute atomic E-state index is 5.96. The van der Waals surface area contributed by atoms with Gasteiger partial charge in [0.05, 0.1) is 0 Å². The fourth-order valence-corrected chi connectivity index (χ4v) is 5.64. The van der Waals surface area contributed by atoms with Gasteiger partial charge < -0.3 is 5.32 Å². The van der Waals surface area contributed by atoms with Crippen molar-refractivity contribution in [2.24, 2.45) is 23.2 Å². The van der Waals surface area contributed by atoms with Gasteiger partial charge in [-0.1, -0.05) is 11.6 Å². The molecule has 4 heteroatoms. The monoisotopic (exact) mass is 291 g/mol. The minimum Gasteiger partial charge on any atom is -0.367 e. The lowest BCUT2D eigenvalue weighted by atomic mass is 9.48. The molecule has 4 aliphatic rings. The van der Waals surface area contributed by atoms with Crippen LogP contribution in [0, 0.1) is 23.2 Å². The number of nitrogens with zero attached hydrogens (tertiary/aromatic N) is 2. The van der Waals surface area contributed by atoms with E-state index in [1.807, 2.05) is 6.07 Å². The Kier molecular flexibility index (Phi) is 2.95. The van der Waals surface area contributed by atoms with E-state index >= 15 is 0 Å². The lowest BCUT2D eigenvalue weighted by molar-refractivity contribution is -0.0603. The van der Waals surface area contributed by atoms with E-state index in [-0.39, 0.29) is 0 Å². The summed E-state index contributed by atoms with van der Waals surface area (Å²) >= 11 is 5.96. The predicted molar refractivity (Wildman–Crippen MR) is 80.7 cm³/mol. The molecule has 1 N–H and O–H groups in total. The van der Waals surface area contributed by atoms with Crippen LogP contribution in [0.15, 0.2) is 12.4 Å². The molecular weight excluding hydrogens is 270 g/mol. The van der Waals surface area contributed by atoms with Gasteiger partial charge in [0.25, 0.3) is 0 Å². The highest BCUT2D eigenvalue weighted by atomic mass is 35.5. The molecule has 0 radical (unpaired) electrons. The molecule has 0 aliphatic heterocycles. The number of halogens is 1. The van der Waals surface area contributed by atoms with Gasteiger partial charge in [0.1, 0.15) is 17.3 Å². The zero-order valence-corrected chi connectivity index (χ0v) is 12.7. The molecule has 1 unspecified atom stereocenters. The normalized spacial score (nSPS) is 39.8. The van der Waals surface area contributed by atoms with Crippen molar-refractivity contribution in [1.29, 1.82) is 0 Å². The highest BCUT2D eigenvalue weighted by Gasteiger charge is 2.53. The minimum absolute atomic E-state index is 0.474. The molecule has 4 aliphatic carbocycles. The number of hydrogen-bond donors (Lipinski definition) is 1. The summed E-state index contributed by atoms with van der Waals surface area (Å²) in [6.07, 6.45) is 10.2. The number of anilines is 1. The Hall–Kier alpha value is -0.830. The van der Waals surface area contributed by atoms with Crippen molar-refractivity contribution in [2.45, 2.75) is 51.5 Å². The molecule has 5 rings (SSSR count). The van der Waals surface area contributed by atoms with E-state index in [4.69, 9.17) is 11.6 Å². The van der Waals surface area contributed by atoms with Crippen molar-refractivity contribution < 1.29 is 0 Å². The number of nitrogens with one attached hydrogen (secondary N) is 1. The van der Waals surface area contributed by atoms with E-state index in [1.165, 1.54) is 44.9 Å². The van der Waals surface area contributed by atoms with Gasteiger partial charge >= 0.3 is 0 Å². The van der Waals surface area contributed by atoms with Crippen LogP contribution in [0.1, 0.15) is 45.4 Å². The SMILES string of the molecule is CC(Nc1cc(Cl)ncn1)C12CC3CC(CC(C3)C1)C2. The van der Waals surface area contributed by atoms with E-state index in [9.17, 15) is 0 Å². The molecular formula is C16H22ClN3. The fraction of sp³-hybridized carbons (Fsp3) is 0.750. The molecule has 1 aromatic heterocycles. The van der Waals surface area contributed by atoms with Crippen molar-refractivity contribution in [3.05, 3.63) is 17.5 Å². The number of hydrogen-bond acceptors (Lipinski definition) is 3. The van der Waals surface area contributed by atoms with Crippen molar-refractivity contribution in [2.75, 3.05) is 5.32 Å². The second kappa shape index (κ2) is 4.59. The molecule has 1 heterocycles. The third-order valence-electron chi connectivity index (χ3n) is 6.00. The summed E-state index contributed by atoms with van der Waals surface area (Å²) in [6.45, 7) is 2.34. The second-order valence-electron chi connectivity index (χ2n) is 7.37. The number of rotatable bonds is 3. The Balaban J connectivity index is 1.54. The molecule has 0 aromatic carbocycles. The Morgan fingerprint density at radius 2 is 1.75 bits per heavy atom. The third kappa shape index (κ3) is 2.11. The Labute approximate surface area is 125 Å². The molecule has 0 spiro atoms. The van der Waals surface area contributed by atoms with Crippen molar-refractivity contribution in [3.8, 4) is 0 Å². The van der Waals surface area contributed by atoms with E-state index in [1.54, 1.807) is 0 Å². The Morgan fingerprint density at radius 3 is 2.30 bits per heavy atom. The van der Waals surface area contributed by atoms with Crippen LogP contribution in [-0.4, -0.2) is 16.0 Å². The highest BCUT2D eigenvalue weighted by Crippen LogP contribution is 2.61. The van der Waals surface area contributed by atoms with Gasteiger partial charge in [0.2, 0.25) is 0 Å². The first-order chi connectivity index (χ1) is 9.63. The third-order valence-corrected chi connectivity index (χ3v) is 6.21. The average molecular weight is 292 g/mol. The first kappa shape index (κ1) is 12.9. The molecule has 20 heavy (non-hydrogen) atoms. The van der Waals surface area contributed by atoms with Gasteiger partial charge in [0.15, 0.2) is 0 Å². The minimum atomic E-state index is 0.474. The lowest BCUT2D eigenvalue weighted by Gasteiger charge is -2.59. The molecule has 3 nitrogen and oxygen atoms in total. The van der Waals surface area contributed by atoms with E-state index in [0.717, 1.165) is 23.6 Å². The largest absolute Gasteiger partial charge is 0.367 e. The average Bonchev–Trinajstić information content (AvgIpc) is 2.37. The zero-order chi connectivity index (χ0) is 13.7. The quantitative estimate of drug-likeness (QED) is 0.850. The maximum Gasteiger partial charge on any atom is 0.134 e. The maximum atomic E-state index is 5.96. The van der Waals surface area contributed by atoms with Gasteiger partial charge in [-0.25, -0.2) is 9.97 Å². The van der Waals surface area contributed by atoms with Crippen molar-refractivity contribution in [1.82, 2.24) is 9.97 Å². The summed E-state index contributed by atoms with van der Waals surface area (Å²) in [4.78, 5) is 8.25. The smallest absolute Gasteiger partial charge is 0.134 e. The van der Waals surface area contributed by atoms with E-state index in [2.05, 4.69) is 22.2 Å². The van der Waals surface area contributed by atoms with Crippen molar-refractivity contribution >= 4 is 17.4 Å². The van der Waals surface area contributed by atoms with Gasteiger partial charge in [-0.3, -0.25) is 0 Å². The zero-order valence-electron chi connectivity index (χ0n) is 12.0. The summed E-state index contributed by atoms with van der Waals surface area (Å²) in [6, 6.07) is 2.31. The second-order valence-corrected chi connectivity index (χ2v) is 7.76. The van der Waals surface area contributed by atoms with Crippen LogP contribution in [0.5, 0.6) is 0 Å². The van der Waals surface area contributed by atoms with Gasteiger partial charge in [-0.15, -0.1) is 0 Å². The van der Waals surface area contributed by atoms with Gasteiger partial charge in [-0.05, 0) is 68.6 Å². The van der Waals surface area contributed by atoms with Crippen LogP contribution < -0.4 is 5.32 Å². The molecule has 4 bridgehead atoms. The summed E-state index contributed by atoms with van der Waals surface area (Å²) in [7, 11) is 0. The molecule has 4 saturated carbocycles. The summed E-state index contributed by atoms with van der Waals surface area (Å²) < 4.78 is 0. The fourth-order valence-electron chi connectivity index (χ4n) is 5.50. The Bertz CT molecular complexity index is 481. The molecule has 0 amide bonds. The number of aromatic nitrogens is 2. The first-order valence-corrected chi connectivity index (χ1v) is 8.25. The summed E-state index contributed by atoms with van der Waals surface area (Å²) in [5.41, 5.74) is 0.492. The van der Waals surface area contributed by atoms with Gasteiger partial charge in [0, 0.05) is 12.1 Å². The summed E-state index contributed by atoms with van der Waals surface area (Å²) in [5, 5.41) is 4.12. The van der Waals surface area contributed by atoms with Crippen LogP contribution >= 0.6 is 11.6 Å². The van der Waals surface area contributed by atoms with Crippen LogP contribution in [0.25, 0.3) is 0 Å². The van der Waals surface area contributed by atoms with Crippen molar-refractivity contribution in [3.63, 3.8) is 0 Å².